The summed E-state index contributed by atoms with van der Waals surface area (Å²) in [6.45, 7) is 2.59. The van der Waals surface area contributed by atoms with E-state index in [2.05, 4.69) is 4.84 Å². The molecule has 0 fully saturated rings. The molecule has 2 rings (SSSR count). The zero-order chi connectivity index (χ0) is 9.26. The van der Waals surface area contributed by atoms with E-state index in [4.69, 9.17) is 15.4 Å². The highest BCUT2D eigenvalue weighted by Gasteiger charge is 2.19. The molecule has 0 unspecified atom stereocenters. The molecule has 1 aliphatic heterocycles. The summed E-state index contributed by atoms with van der Waals surface area (Å²) in [6.07, 6.45) is 0. The Hall–Kier alpha value is -1.26. The van der Waals surface area contributed by atoms with Crippen molar-refractivity contribution < 1.29 is 14.3 Å². The third-order valence-corrected chi connectivity index (χ3v) is 2.04. The summed E-state index contributed by atoms with van der Waals surface area (Å²) in [5, 5.41) is 0. The van der Waals surface area contributed by atoms with Crippen molar-refractivity contribution in [1.29, 1.82) is 0 Å². The van der Waals surface area contributed by atoms with Gasteiger partial charge in [-0.2, -0.15) is 0 Å². The molecule has 1 aliphatic rings. The van der Waals surface area contributed by atoms with Crippen LogP contribution in [0.4, 0.5) is 0 Å². The van der Waals surface area contributed by atoms with Gasteiger partial charge in [0.05, 0.1) is 6.61 Å². The lowest BCUT2D eigenvalue weighted by Gasteiger charge is -2.05. The number of ether oxygens (including phenoxy) is 2. The summed E-state index contributed by atoms with van der Waals surface area (Å²) < 4.78 is 10.6. The fourth-order valence-corrected chi connectivity index (χ4v) is 1.39. The summed E-state index contributed by atoms with van der Waals surface area (Å²) in [4.78, 5) is 4.56. The molecule has 1 heterocycles. The van der Waals surface area contributed by atoms with Gasteiger partial charge in [-0.1, -0.05) is 12.1 Å². The number of benzene rings is 1. The Morgan fingerprint density at radius 3 is 2.92 bits per heavy atom. The van der Waals surface area contributed by atoms with Gasteiger partial charge < -0.3 is 9.47 Å². The minimum absolute atomic E-state index is 0.276. The molecule has 0 spiro atoms. The van der Waals surface area contributed by atoms with E-state index in [9.17, 15) is 0 Å². The average molecular weight is 181 g/mol. The van der Waals surface area contributed by atoms with Crippen molar-refractivity contribution in [3.63, 3.8) is 0 Å². The maximum Gasteiger partial charge on any atom is 0.231 e. The maximum absolute atomic E-state index is 5.31. The van der Waals surface area contributed by atoms with Crippen LogP contribution in [0.3, 0.4) is 0 Å². The largest absolute Gasteiger partial charge is 0.453 e. The molecule has 0 aromatic heterocycles. The van der Waals surface area contributed by atoms with Crippen molar-refractivity contribution in [3.05, 3.63) is 23.3 Å². The topological polar surface area (TPSA) is 53.7 Å². The van der Waals surface area contributed by atoms with Crippen molar-refractivity contribution in [2.45, 2.75) is 13.5 Å². The molecule has 0 radical (unpaired) electrons. The van der Waals surface area contributed by atoms with Crippen LogP contribution in [-0.2, 0) is 11.4 Å². The van der Waals surface area contributed by atoms with Crippen LogP contribution in [0.5, 0.6) is 11.5 Å². The minimum atomic E-state index is 0.276. The molecule has 4 heteroatoms. The van der Waals surface area contributed by atoms with Gasteiger partial charge in [0.1, 0.15) is 0 Å². The van der Waals surface area contributed by atoms with E-state index in [0.717, 1.165) is 22.6 Å². The number of rotatable bonds is 2. The Balaban J connectivity index is 2.43. The summed E-state index contributed by atoms with van der Waals surface area (Å²) in [5.41, 5.74) is 1.98. The predicted molar refractivity (Wildman–Crippen MR) is 46.3 cm³/mol. The second-order valence-electron chi connectivity index (χ2n) is 2.92. The molecule has 1 aromatic carbocycles. The summed E-state index contributed by atoms with van der Waals surface area (Å²) in [6, 6.07) is 3.89. The smallest absolute Gasteiger partial charge is 0.231 e. The molecule has 0 saturated heterocycles. The van der Waals surface area contributed by atoms with E-state index in [1.54, 1.807) is 0 Å². The van der Waals surface area contributed by atoms with Gasteiger partial charge in [-0.05, 0) is 12.5 Å². The SMILES string of the molecule is Cc1ccc(CON)c2c1OCO2. The van der Waals surface area contributed by atoms with Crippen LogP contribution in [0.2, 0.25) is 0 Å². The molecule has 70 valence electrons. The van der Waals surface area contributed by atoms with E-state index >= 15 is 0 Å². The van der Waals surface area contributed by atoms with Crippen molar-refractivity contribution in [3.8, 4) is 11.5 Å². The molecular formula is C9H11NO3. The van der Waals surface area contributed by atoms with Crippen LogP contribution in [-0.4, -0.2) is 6.79 Å². The standard InChI is InChI=1S/C9H11NO3/c1-6-2-3-7(4-13-10)9-8(6)11-5-12-9/h2-3H,4-5,10H2,1H3. The van der Waals surface area contributed by atoms with Crippen LogP contribution in [0.1, 0.15) is 11.1 Å². The lowest BCUT2D eigenvalue weighted by Crippen LogP contribution is -2.00. The van der Waals surface area contributed by atoms with Crippen molar-refractivity contribution >= 4 is 0 Å². The van der Waals surface area contributed by atoms with E-state index in [1.807, 2.05) is 19.1 Å². The number of nitrogens with two attached hydrogens (primary N) is 1. The number of fused-ring (bicyclic) bond motifs is 1. The van der Waals surface area contributed by atoms with E-state index in [-0.39, 0.29) is 6.79 Å². The van der Waals surface area contributed by atoms with Gasteiger partial charge in [-0.25, -0.2) is 5.90 Å². The van der Waals surface area contributed by atoms with Gasteiger partial charge in [0.15, 0.2) is 11.5 Å². The van der Waals surface area contributed by atoms with Gasteiger partial charge in [-0.3, -0.25) is 4.84 Å². The Morgan fingerprint density at radius 1 is 1.38 bits per heavy atom. The number of hydrogen-bond donors (Lipinski definition) is 1. The Labute approximate surface area is 76.2 Å². The van der Waals surface area contributed by atoms with Gasteiger partial charge in [0.2, 0.25) is 6.79 Å². The first-order valence-electron chi connectivity index (χ1n) is 4.02. The molecule has 0 saturated carbocycles. The van der Waals surface area contributed by atoms with E-state index in [1.165, 1.54) is 0 Å². The van der Waals surface area contributed by atoms with Crippen LogP contribution < -0.4 is 15.4 Å². The molecule has 0 bridgehead atoms. The van der Waals surface area contributed by atoms with Gasteiger partial charge in [0, 0.05) is 5.56 Å². The lowest BCUT2D eigenvalue weighted by atomic mass is 10.1. The number of aryl methyl sites for hydroxylation is 1. The zero-order valence-electron chi connectivity index (χ0n) is 7.37. The Morgan fingerprint density at radius 2 is 2.15 bits per heavy atom. The average Bonchev–Trinajstić information content (AvgIpc) is 2.59. The first kappa shape index (κ1) is 8.34. The Kier molecular flexibility index (Phi) is 2.08. The zero-order valence-corrected chi connectivity index (χ0v) is 7.37. The summed E-state index contributed by atoms with van der Waals surface area (Å²) >= 11 is 0. The highest BCUT2D eigenvalue weighted by Crippen LogP contribution is 2.38. The fraction of sp³-hybridized carbons (Fsp3) is 0.333. The minimum Gasteiger partial charge on any atom is -0.453 e. The normalized spacial score (nSPS) is 13.4. The highest BCUT2D eigenvalue weighted by molar-refractivity contribution is 5.52. The third-order valence-electron chi connectivity index (χ3n) is 2.04. The maximum atomic E-state index is 5.31. The van der Waals surface area contributed by atoms with Crippen LogP contribution in [0, 0.1) is 6.92 Å². The molecule has 2 N–H and O–H groups in total. The first-order valence-corrected chi connectivity index (χ1v) is 4.02. The highest BCUT2D eigenvalue weighted by atomic mass is 16.7. The van der Waals surface area contributed by atoms with Crippen LogP contribution >= 0.6 is 0 Å². The molecule has 0 atom stereocenters. The quantitative estimate of drug-likeness (QED) is 0.694. The predicted octanol–water partition coefficient (Wildman–Crippen LogP) is 1.11. The van der Waals surface area contributed by atoms with Gasteiger partial charge in [0.25, 0.3) is 0 Å². The molecule has 0 amide bonds. The molecule has 1 aromatic rings. The second kappa shape index (κ2) is 3.24. The Bertz CT molecular complexity index is 325. The molecular weight excluding hydrogens is 170 g/mol. The fourth-order valence-electron chi connectivity index (χ4n) is 1.39. The van der Waals surface area contributed by atoms with Crippen LogP contribution in [0.25, 0.3) is 0 Å². The number of hydrogen-bond acceptors (Lipinski definition) is 4. The summed E-state index contributed by atoms with van der Waals surface area (Å²) in [5.74, 6) is 6.55. The van der Waals surface area contributed by atoms with Gasteiger partial charge >= 0.3 is 0 Å². The molecule has 4 nitrogen and oxygen atoms in total. The van der Waals surface area contributed by atoms with E-state index < -0.39 is 0 Å². The van der Waals surface area contributed by atoms with Crippen molar-refractivity contribution in [1.82, 2.24) is 0 Å². The molecule has 0 aliphatic carbocycles. The molecule has 13 heavy (non-hydrogen) atoms. The summed E-state index contributed by atoms with van der Waals surface area (Å²) in [7, 11) is 0. The monoisotopic (exact) mass is 181 g/mol. The lowest BCUT2D eigenvalue weighted by molar-refractivity contribution is 0.120. The van der Waals surface area contributed by atoms with Crippen molar-refractivity contribution in [2.24, 2.45) is 5.90 Å². The van der Waals surface area contributed by atoms with Crippen LogP contribution in [0.15, 0.2) is 12.1 Å². The van der Waals surface area contributed by atoms with Gasteiger partial charge in [-0.15, -0.1) is 0 Å². The van der Waals surface area contributed by atoms with E-state index in [0.29, 0.717) is 6.61 Å². The first-order chi connectivity index (χ1) is 6.33. The van der Waals surface area contributed by atoms with Crippen molar-refractivity contribution in [2.75, 3.05) is 6.79 Å². The second-order valence-corrected chi connectivity index (χ2v) is 2.92. The third kappa shape index (κ3) is 1.34.